The van der Waals surface area contributed by atoms with Gasteiger partial charge in [0.2, 0.25) is 12.7 Å². The van der Waals surface area contributed by atoms with Crippen molar-refractivity contribution in [2.75, 3.05) is 26.3 Å². The van der Waals surface area contributed by atoms with Gasteiger partial charge in [0.05, 0.1) is 19.9 Å². The van der Waals surface area contributed by atoms with E-state index in [9.17, 15) is 9.59 Å². The van der Waals surface area contributed by atoms with Crippen molar-refractivity contribution in [3.8, 4) is 34.3 Å². The average molecular weight is 423 g/mol. The number of amides is 1. The molecule has 1 atom stereocenters. The third-order valence-corrected chi connectivity index (χ3v) is 4.89. The van der Waals surface area contributed by atoms with E-state index in [0.717, 1.165) is 10.2 Å². The molecule has 1 aliphatic heterocycles. The molecule has 1 unspecified atom stereocenters. The molecule has 0 bridgehead atoms. The molecule has 1 amide bonds. The van der Waals surface area contributed by atoms with Crippen molar-refractivity contribution in [2.24, 2.45) is 0 Å². The zero-order valence-electron chi connectivity index (χ0n) is 17.2. The Morgan fingerprint density at radius 3 is 2.58 bits per heavy atom. The number of anilines is 1. The van der Waals surface area contributed by atoms with E-state index < -0.39 is 11.9 Å². The summed E-state index contributed by atoms with van der Waals surface area (Å²) in [5, 5.41) is 7.17. The molecule has 4 rings (SSSR count). The van der Waals surface area contributed by atoms with Crippen LogP contribution in [0.15, 0.2) is 53.3 Å². The Morgan fingerprint density at radius 1 is 1.03 bits per heavy atom. The summed E-state index contributed by atoms with van der Waals surface area (Å²) >= 11 is 0. The van der Waals surface area contributed by atoms with E-state index in [1.165, 1.54) is 20.3 Å². The Bertz CT molecular complexity index is 1190. The normalized spacial score (nSPS) is 12.9. The van der Waals surface area contributed by atoms with Crippen LogP contribution in [0.5, 0.6) is 23.0 Å². The zero-order valence-corrected chi connectivity index (χ0v) is 17.2. The van der Waals surface area contributed by atoms with Gasteiger partial charge < -0.3 is 24.3 Å². The maximum absolute atomic E-state index is 12.8. The summed E-state index contributed by atoms with van der Waals surface area (Å²) in [5.74, 6) is 1.89. The lowest BCUT2D eigenvalue weighted by molar-refractivity contribution is -0.119. The van der Waals surface area contributed by atoms with E-state index in [4.69, 9.17) is 18.9 Å². The molecule has 0 aliphatic carbocycles. The molecule has 0 fully saturated rings. The molecule has 0 saturated carbocycles. The Kier molecular flexibility index (Phi) is 5.48. The number of nitrogens with zero attached hydrogens (tertiary/aromatic N) is 2. The lowest BCUT2D eigenvalue weighted by Gasteiger charge is -2.16. The molecular formula is C22H21N3O6. The Balaban J connectivity index is 1.58. The van der Waals surface area contributed by atoms with E-state index >= 15 is 0 Å². The number of fused-ring (bicyclic) bond motifs is 1. The quantitative estimate of drug-likeness (QED) is 0.651. The molecule has 2 heterocycles. The molecule has 9 heteroatoms. The smallest absolute Gasteiger partial charge is 0.267 e. The number of hydrogen-bond acceptors (Lipinski definition) is 7. The third kappa shape index (κ3) is 4.02. The van der Waals surface area contributed by atoms with Crippen molar-refractivity contribution >= 4 is 11.6 Å². The van der Waals surface area contributed by atoms with Gasteiger partial charge in [-0.3, -0.25) is 9.59 Å². The first-order valence-corrected chi connectivity index (χ1v) is 9.53. The zero-order chi connectivity index (χ0) is 22.0. The van der Waals surface area contributed by atoms with Gasteiger partial charge in [0.15, 0.2) is 23.0 Å². The number of hydrogen-bond donors (Lipinski definition) is 1. The van der Waals surface area contributed by atoms with E-state index in [2.05, 4.69) is 10.4 Å². The van der Waals surface area contributed by atoms with Crippen molar-refractivity contribution in [3.63, 3.8) is 0 Å². The molecule has 9 nitrogen and oxygen atoms in total. The minimum absolute atomic E-state index is 0.166. The number of benzene rings is 2. The van der Waals surface area contributed by atoms with Crippen molar-refractivity contribution in [1.29, 1.82) is 0 Å². The average Bonchev–Trinajstić information content (AvgIpc) is 3.26. The number of methoxy groups -OCH3 is 2. The Morgan fingerprint density at radius 2 is 1.81 bits per heavy atom. The van der Waals surface area contributed by atoms with Crippen LogP contribution >= 0.6 is 0 Å². The number of carbonyl (C=O) groups is 1. The topological polar surface area (TPSA) is 101 Å². The van der Waals surface area contributed by atoms with E-state index in [1.54, 1.807) is 43.3 Å². The molecule has 160 valence electrons. The van der Waals surface area contributed by atoms with Crippen LogP contribution in [0.3, 0.4) is 0 Å². The summed E-state index contributed by atoms with van der Waals surface area (Å²) in [4.78, 5) is 25.2. The Hall–Kier alpha value is -4.01. The molecule has 1 aliphatic rings. The number of aromatic nitrogens is 2. The van der Waals surface area contributed by atoms with Crippen LogP contribution in [0.25, 0.3) is 11.3 Å². The van der Waals surface area contributed by atoms with E-state index in [0.29, 0.717) is 34.4 Å². The van der Waals surface area contributed by atoms with Gasteiger partial charge in [0.25, 0.3) is 5.56 Å². The number of rotatable bonds is 6. The maximum Gasteiger partial charge on any atom is 0.267 e. The first-order chi connectivity index (χ1) is 15.0. The van der Waals surface area contributed by atoms with Gasteiger partial charge in [0.1, 0.15) is 6.04 Å². The van der Waals surface area contributed by atoms with Gasteiger partial charge in [-0.2, -0.15) is 5.10 Å². The van der Waals surface area contributed by atoms with Crippen molar-refractivity contribution in [2.45, 2.75) is 13.0 Å². The fraction of sp³-hybridized carbons (Fsp3) is 0.227. The monoisotopic (exact) mass is 423 g/mol. The van der Waals surface area contributed by atoms with Gasteiger partial charge in [0, 0.05) is 23.4 Å². The highest BCUT2D eigenvalue weighted by Crippen LogP contribution is 2.35. The molecule has 0 radical (unpaired) electrons. The molecule has 0 spiro atoms. The van der Waals surface area contributed by atoms with Gasteiger partial charge >= 0.3 is 0 Å². The fourth-order valence-electron chi connectivity index (χ4n) is 3.18. The van der Waals surface area contributed by atoms with Crippen LogP contribution in [0.4, 0.5) is 5.69 Å². The lowest BCUT2D eigenvalue weighted by atomic mass is 10.1. The first-order valence-electron chi connectivity index (χ1n) is 9.53. The summed E-state index contributed by atoms with van der Waals surface area (Å²) in [5.41, 5.74) is 1.39. The second kappa shape index (κ2) is 8.39. The lowest BCUT2D eigenvalue weighted by Crippen LogP contribution is -2.33. The van der Waals surface area contributed by atoms with Gasteiger partial charge in [-0.1, -0.05) is 0 Å². The standard InChI is InChI=1S/C22H21N3O6/c1-13(22(27)23-15-5-8-17(28-2)19(11-15)29-3)25-21(26)9-6-16(24-25)14-4-7-18-20(10-14)31-12-30-18/h4-11,13H,12H2,1-3H3,(H,23,27). The maximum atomic E-state index is 12.8. The molecule has 2 aromatic carbocycles. The van der Waals surface area contributed by atoms with Crippen molar-refractivity contribution in [3.05, 3.63) is 58.9 Å². The van der Waals surface area contributed by atoms with Crippen LogP contribution in [-0.4, -0.2) is 36.7 Å². The number of carbonyl (C=O) groups excluding carboxylic acids is 1. The van der Waals surface area contributed by atoms with Gasteiger partial charge in [-0.25, -0.2) is 4.68 Å². The second-order valence-corrected chi connectivity index (χ2v) is 6.80. The summed E-state index contributed by atoms with van der Waals surface area (Å²) in [7, 11) is 3.04. The van der Waals surface area contributed by atoms with E-state index in [-0.39, 0.29) is 12.4 Å². The van der Waals surface area contributed by atoms with Crippen LogP contribution in [0, 0.1) is 0 Å². The second-order valence-electron chi connectivity index (χ2n) is 6.80. The highest BCUT2D eigenvalue weighted by molar-refractivity contribution is 5.93. The molecule has 3 aromatic rings. The summed E-state index contributed by atoms with van der Waals surface area (Å²) < 4.78 is 22.3. The van der Waals surface area contributed by atoms with Crippen molar-refractivity contribution in [1.82, 2.24) is 9.78 Å². The van der Waals surface area contributed by atoms with Crippen LogP contribution in [-0.2, 0) is 4.79 Å². The summed E-state index contributed by atoms with van der Waals surface area (Å²) in [6, 6.07) is 12.5. The highest BCUT2D eigenvalue weighted by Gasteiger charge is 2.20. The van der Waals surface area contributed by atoms with Crippen molar-refractivity contribution < 1.29 is 23.7 Å². The molecule has 1 aromatic heterocycles. The highest BCUT2D eigenvalue weighted by atomic mass is 16.7. The molecule has 31 heavy (non-hydrogen) atoms. The van der Waals surface area contributed by atoms with Crippen LogP contribution < -0.4 is 29.8 Å². The minimum atomic E-state index is -0.852. The fourth-order valence-corrected chi connectivity index (χ4v) is 3.18. The van der Waals surface area contributed by atoms with Crippen LogP contribution in [0.2, 0.25) is 0 Å². The predicted octanol–water partition coefficient (Wildman–Crippen LogP) is 2.86. The number of nitrogens with one attached hydrogen (secondary N) is 1. The van der Waals surface area contributed by atoms with Gasteiger partial charge in [-0.15, -0.1) is 0 Å². The summed E-state index contributed by atoms with van der Waals surface area (Å²) in [6.45, 7) is 1.77. The van der Waals surface area contributed by atoms with Crippen LogP contribution in [0.1, 0.15) is 13.0 Å². The predicted molar refractivity (Wildman–Crippen MR) is 113 cm³/mol. The third-order valence-electron chi connectivity index (χ3n) is 4.89. The largest absolute Gasteiger partial charge is 0.493 e. The molecular weight excluding hydrogens is 402 g/mol. The molecule has 0 saturated heterocycles. The van der Waals surface area contributed by atoms with E-state index in [1.807, 2.05) is 6.07 Å². The first kappa shape index (κ1) is 20.3. The van der Waals surface area contributed by atoms with Gasteiger partial charge in [-0.05, 0) is 43.3 Å². The Labute approximate surface area is 178 Å². The summed E-state index contributed by atoms with van der Waals surface area (Å²) in [6.07, 6.45) is 0. The minimum Gasteiger partial charge on any atom is -0.493 e. The number of ether oxygens (including phenoxy) is 4. The SMILES string of the molecule is COc1ccc(NC(=O)C(C)n2nc(-c3ccc4c(c3)OCO4)ccc2=O)cc1OC. The molecule has 1 N–H and O–H groups in total.